The van der Waals surface area contributed by atoms with Crippen molar-refractivity contribution in [3.05, 3.63) is 87.5 Å². The highest BCUT2D eigenvalue weighted by Gasteiger charge is 2.13. The number of hydrogen-bond acceptors (Lipinski definition) is 3. The van der Waals surface area contributed by atoms with E-state index in [1.807, 2.05) is 12.1 Å². The van der Waals surface area contributed by atoms with Crippen molar-refractivity contribution in [3.8, 4) is 5.75 Å². The summed E-state index contributed by atoms with van der Waals surface area (Å²) in [6.45, 7) is 11.0. The van der Waals surface area contributed by atoms with Crippen LogP contribution in [0.25, 0.3) is 0 Å². The molecule has 0 aromatic heterocycles. The lowest BCUT2D eigenvalue weighted by Gasteiger charge is -2.16. The summed E-state index contributed by atoms with van der Waals surface area (Å²) in [6.07, 6.45) is 6.63. The van der Waals surface area contributed by atoms with Gasteiger partial charge in [-0.25, -0.2) is 0 Å². The molecule has 3 heteroatoms. The first-order valence-electron chi connectivity index (χ1n) is 12.9. The van der Waals surface area contributed by atoms with Crippen molar-refractivity contribution in [2.75, 3.05) is 5.73 Å². The Balaban J connectivity index is 2.05. The molecule has 0 aliphatic heterocycles. The highest BCUT2D eigenvalue weighted by atomic mass is 16.3. The Morgan fingerprint density at radius 2 is 1.21 bits per heavy atom. The molecule has 0 spiro atoms. The van der Waals surface area contributed by atoms with Gasteiger partial charge < -0.3 is 10.8 Å². The van der Waals surface area contributed by atoms with E-state index in [-0.39, 0.29) is 5.75 Å². The number of aromatic hydroxyl groups is 1. The highest BCUT2D eigenvalue weighted by Crippen LogP contribution is 2.31. The minimum absolute atomic E-state index is 0.285. The molecular formula is C31H40N2O. The molecule has 0 bridgehead atoms. The van der Waals surface area contributed by atoms with Crippen LogP contribution in [0.2, 0.25) is 0 Å². The van der Waals surface area contributed by atoms with E-state index in [9.17, 15) is 5.11 Å². The van der Waals surface area contributed by atoms with Gasteiger partial charge in [-0.05, 0) is 102 Å². The monoisotopic (exact) mass is 456 g/mol. The van der Waals surface area contributed by atoms with Gasteiger partial charge in [0.25, 0.3) is 0 Å². The molecular weight excluding hydrogens is 416 g/mol. The summed E-state index contributed by atoms with van der Waals surface area (Å²) in [6, 6.07) is 16.7. The van der Waals surface area contributed by atoms with E-state index in [1.54, 1.807) is 12.1 Å². The van der Waals surface area contributed by atoms with Crippen LogP contribution in [0.15, 0.2) is 53.5 Å². The second-order valence-electron chi connectivity index (χ2n) is 9.04. The third-order valence-corrected chi connectivity index (χ3v) is 6.60. The van der Waals surface area contributed by atoms with Crippen LogP contribution in [0.3, 0.4) is 0 Å². The van der Waals surface area contributed by atoms with Crippen molar-refractivity contribution in [1.29, 1.82) is 0 Å². The standard InChI is InChI=1S/C31H40N2O/c1-6-11-29(27-12-14-28(34)15-13-27)33-31-25(9-4)19-22(20-26(31)10-5)16-21-17-23(7-2)30(32)24(8-3)18-21/h12-15,17-20,34H,6-11,16,32H2,1-5H3/b33-29+. The van der Waals surface area contributed by atoms with Crippen molar-refractivity contribution >= 4 is 17.1 Å². The highest BCUT2D eigenvalue weighted by molar-refractivity contribution is 6.02. The Kier molecular flexibility index (Phi) is 8.92. The summed E-state index contributed by atoms with van der Waals surface area (Å²) in [5, 5.41) is 9.71. The first-order chi connectivity index (χ1) is 16.4. The Morgan fingerprint density at radius 3 is 1.65 bits per heavy atom. The minimum Gasteiger partial charge on any atom is -0.508 e. The molecule has 180 valence electrons. The Morgan fingerprint density at radius 1 is 0.735 bits per heavy atom. The third kappa shape index (κ3) is 5.88. The van der Waals surface area contributed by atoms with Gasteiger partial charge in [0.15, 0.2) is 0 Å². The first-order valence-corrected chi connectivity index (χ1v) is 12.9. The number of hydrogen-bond donors (Lipinski definition) is 2. The van der Waals surface area contributed by atoms with Crippen molar-refractivity contribution in [2.45, 2.75) is 79.6 Å². The Bertz CT molecular complexity index is 1090. The predicted octanol–water partition coefficient (Wildman–Crippen LogP) is 7.74. The molecule has 0 aliphatic carbocycles. The maximum atomic E-state index is 9.71. The van der Waals surface area contributed by atoms with Crippen LogP contribution in [0.5, 0.6) is 5.75 Å². The van der Waals surface area contributed by atoms with Gasteiger partial charge in [0.1, 0.15) is 5.75 Å². The topological polar surface area (TPSA) is 58.6 Å². The van der Waals surface area contributed by atoms with Crippen LogP contribution in [0, 0.1) is 0 Å². The van der Waals surface area contributed by atoms with Crippen LogP contribution in [0.4, 0.5) is 11.4 Å². The van der Waals surface area contributed by atoms with Gasteiger partial charge in [0.05, 0.1) is 5.69 Å². The summed E-state index contributed by atoms with van der Waals surface area (Å²) in [4.78, 5) is 5.22. The van der Waals surface area contributed by atoms with E-state index in [1.165, 1.54) is 33.4 Å². The second-order valence-corrected chi connectivity index (χ2v) is 9.04. The minimum atomic E-state index is 0.285. The van der Waals surface area contributed by atoms with Crippen molar-refractivity contribution < 1.29 is 5.11 Å². The number of aliphatic imine (C=N–C) groups is 1. The van der Waals surface area contributed by atoms with Crippen molar-refractivity contribution in [1.82, 2.24) is 0 Å². The molecule has 0 atom stereocenters. The molecule has 0 radical (unpaired) electrons. The number of rotatable bonds is 10. The fraction of sp³-hybridized carbons (Fsp3) is 0.387. The molecule has 3 N–H and O–H groups in total. The number of phenols is 1. The zero-order valence-corrected chi connectivity index (χ0v) is 21.5. The van der Waals surface area contributed by atoms with E-state index >= 15 is 0 Å². The summed E-state index contributed by atoms with van der Waals surface area (Å²) in [5.74, 6) is 0.285. The predicted molar refractivity (Wildman–Crippen MR) is 147 cm³/mol. The quantitative estimate of drug-likeness (QED) is 0.242. The largest absolute Gasteiger partial charge is 0.508 e. The van der Waals surface area contributed by atoms with Crippen molar-refractivity contribution in [3.63, 3.8) is 0 Å². The van der Waals surface area contributed by atoms with Gasteiger partial charge >= 0.3 is 0 Å². The fourth-order valence-corrected chi connectivity index (χ4v) is 4.68. The molecule has 0 saturated heterocycles. The molecule has 3 nitrogen and oxygen atoms in total. The fourth-order valence-electron chi connectivity index (χ4n) is 4.68. The summed E-state index contributed by atoms with van der Waals surface area (Å²) in [5.41, 5.74) is 18.4. The Labute approximate surface area is 205 Å². The number of nitrogens with two attached hydrogens (primary N) is 1. The van der Waals surface area contributed by atoms with Gasteiger partial charge in [-0.3, -0.25) is 4.99 Å². The van der Waals surface area contributed by atoms with E-state index in [4.69, 9.17) is 10.7 Å². The maximum absolute atomic E-state index is 9.71. The molecule has 3 rings (SSSR count). The van der Waals surface area contributed by atoms with Crippen LogP contribution in [-0.4, -0.2) is 10.8 Å². The van der Waals surface area contributed by atoms with Crippen LogP contribution in [0.1, 0.15) is 86.4 Å². The normalized spacial score (nSPS) is 11.7. The second kappa shape index (κ2) is 11.9. The van der Waals surface area contributed by atoms with Crippen LogP contribution < -0.4 is 5.73 Å². The van der Waals surface area contributed by atoms with Crippen LogP contribution >= 0.6 is 0 Å². The number of phenolic OH excluding ortho intramolecular Hbond substituents is 1. The molecule has 3 aromatic carbocycles. The number of aryl methyl sites for hydroxylation is 4. The van der Waals surface area contributed by atoms with E-state index in [0.717, 1.165) is 67.6 Å². The van der Waals surface area contributed by atoms with Gasteiger partial charge in [-0.15, -0.1) is 0 Å². The lowest BCUT2D eigenvalue weighted by atomic mass is 9.92. The number of nitrogens with zero attached hydrogens (tertiary/aromatic N) is 1. The molecule has 0 fully saturated rings. The van der Waals surface area contributed by atoms with E-state index < -0.39 is 0 Å². The van der Waals surface area contributed by atoms with Gasteiger partial charge in [0, 0.05) is 11.4 Å². The summed E-state index contributed by atoms with van der Waals surface area (Å²) in [7, 11) is 0. The molecule has 0 saturated carbocycles. The van der Waals surface area contributed by atoms with Gasteiger partial charge in [-0.2, -0.15) is 0 Å². The Hall–Kier alpha value is -3.07. The summed E-state index contributed by atoms with van der Waals surface area (Å²) < 4.78 is 0. The van der Waals surface area contributed by atoms with E-state index in [0.29, 0.717) is 0 Å². The van der Waals surface area contributed by atoms with E-state index in [2.05, 4.69) is 58.9 Å². The lowest BCUT2D eigenvalue weighted by Crippen LogP contribution is -2.03. The molecule has 0 amide bonds. The lowest BCUT2D eigenvalue weighted by molar-refractivity contribution is 0.475. The molecule has 34 heavy (non-hydrogen) atoms. The average molecular weight is 457 g/mol. The molecule has 0 unspecified atom stereocenters. The number of nitrogen functional groups attached to an aromatic ring is 1. The average Bonchev–Trinajstić information content (AvgIpc) is 2.85. The zero-order valence-electron chi connectivity index (χ0n) is 21.5. The smallest absolute Gasteiger partial charge is 0.115 e. The molecule has 3 aromatic rings. The maximum Gasteiger partial charge on any atom is 0.115 e. The van der Waals surface area contributed by atoms with Crippen molar-refractivity contribution in [2.24, 2.45) is 4.99 Å². The molecule has 0 heterocycles. The number of anilines is 1. The molecule has 0 aliphatic rings. The van der Waals surface area contributed by atoms with Gasteiger partial charge in [0.2, 0.25) is 0 Å². The van der Waals surface area contributed by atoms with Crippen LogP contribution in [-0.2, 0) is 32.1 Å². The summed E-state index contributed by atoms with van der Waals surface area (Å²) >= 11 is 0. The third-order valence-electron chi connectivity index (χ3n) is 6.60. The first kappa shape index (κ1) is 25.6. The van der Waals surface area contributed by atoms with Gasteiger partial charge in [-0.1, -0.05) is 65.3 Å². The SMILES string of the molecule is CCC/C(=N\c1c(CC)cc(Cc2cc(CC)c(N)c(CC)c2)cc1CC)c1ccc(O)cc1. The zero-order chi connectivity index (χ0) is 24.7. The number of benzene rings is 3.